The number of esters is 1. The Bertz CT molecular complexity index is 1220. The van der Waals surface area contributed by atoms with Crippen LogP contribution in [0.25, 0.3) is 11.2 Å². The quantitative estimate of drug-likeness (QED) is 0.381. The number of hydrazine groups is 1. The predicted molar refractivity (Wildman–Crippen MR) is 140 cm³/mol. The SMILES string of the molecule is CC(C)(C)OC(=O)C(F)(F)F.CN(CCn1cnc2c(N(NC(=O)O)C3CCCC3)nc(C#N)nc21)C(C)(C)C. The van der Waals surface area contributed by atoms with Gasteiger partial charge in [0.15, 0.2) is 17.0 Å². The summed E-state index contributed by atoms with van der Waals surface area (Å²) in [5.74, 6) is -1.82. The number of carbonyl (C=O) groups excluding carboxylic acids is 1. The number of amides is 1. The van der Waals surface area contributed by atoms with Gasteiger partial charge in [-0.3, -0.25) is 9.91 Å². The second-order valence-corrected chi connectivity index (χ2v) is 11.4. The van der Waals surface area contributed by atoms with Crippen LogP contribution >= 0.6 is 0 Å². The molecule has 2 heterocycles. The first-order valence-corrected chi connectivity index (χ1v) is 12.8. The Balaban J connectivity index is 0.000000432. The van der Waals surface area contributed by atoms with Gasteiger partial charge in [-0.1, -0.05) is 12.8 Å². The van der Waals surface area contributed by atoms with Crippen LogP contribution in [0, 0.1) is 11.3 Å². The number of imidazole rings is 1. The number of rotatable bonds is 6. The molecule has 2 N–H and O–H groups in total. The Kier molecular flexibility index (Phi) is 10.3. The summed E-state index contributed by atoms with van der Waals surface area (Å²) in [6.45, 7) is 12.0. The van der Waals surface area contributed by atoms with Gasteiger partial charge in [-0.2, -0.15) is 28.4 Å². The molecule has 0 aromatic carbocycles. The zero-order valence-corrected chi connectivity index (χ0v) is 23.8. The van der Waals surface area contributed by atoms with Gasteiger partial charge in [0.05, 0.1) is 12.4 Å². The Hall–Kier alpha value is -3.67. The second-order valence-electron chi connectivity index (χ2n) is 11.4. The Morgan fingerprint density at radius 1 is 1.18 bits per heavy atom. The highest BCUT2D eigenvalue weighted by Gasteiger charge is 2.42. The molecule has 0 aliphatic heterocycles. The van der Waals surface area contributed by atoms with Gasteiger partial charge in [0.25, 0.3) is 0 Å². The van der Waals surface area contributed by atoms with Crippen LogP contribution in [-0.2, 0) is 16.1 Å². The smallest absolute Gasteiger partial charge is 0.464 e. The summed E-state index contributed by atoms with van der Waals surface area (Å²) in [5, 5.41) is 20.3. The molecule has 1 amide bonds. The summed E-state index contributed by atoms with van der Waals surface area (Å²) in [4.78, 5) is 36.9. The van der Waals surface area contributed by atoms with Gasteiger partial charge in [-0.25, -0.2) is 20.0 Å². The number of aromatic nitrogens is 4. The molecule has 1 saturated carbocycles. The van der Waals surface area contributed by atoms with Crippen LogP contribution in [0.4, 0.5) is 23.8 Å². The molecule has 12 nitrogen and oxygen atoms in total. The molecule has 0 radical (unpaired) electrons. The lowest BCUT2D eigenvalue weighted by molar-refractivity contribution is -0.210. The van der Waals surface area contributed by atoms with E-state index >= 15 is 0 Å². The first kappa shape index (κ1) is 32.5. The number of hydrogen-bond acceptors (Lipinski definition) is 9. The van der Waals surface area contributed by atoms with E-state index in [0.29, 0.717) is 23.5 Å². The fourth-order valence-electron chi connectivity index (χ4n) is 3.82. The fourth-order valence-corrected chi connectivity index (χ4v) is 3.82. The van der Waals surface area contributed by atoms with Crippen LogP contribution in [0.1, 0.15) is 73.1 Å². The first-order chi connectivity index (χ1) is 18.3. The van der Waals surface area contributed by atoms with Crippen LogP contribution in [0.2, 0.25) is 0 Å². The number of nitrogens with one attached hydrogen (secondary N) is 1. The monoisotopic (exact) mass is 570 g/mol. The summed E-state index contributed by atoms with van der Waals surface area (Å²) >= 11 is 0. The van der Waals surface area contributed by atoms with E-state index in [-0.39, 0.29) is 17.4 Å². The standard InChI is InChI=1S/C19H28N8O2.C6H9F3O2/c1-19(2,3)25(4)9-10-26-12-21-15-16(26)22-14(11-20)23-17(15)27(24-18(28)29)13-7-5-6-8-13;1-5(2,3)11-4(10)6(7,8)9/h12-13,24H,5-10H2,1-4H3,(H,28,29);1-3H3. The van der Waals surface area contributed by atoms with E-state index in [2.05, 4.69) is 57.8 Å². The predicted octanol–water partition coefficient (Wildman–Crippen LogP) is 4.25. The maximum Gasteiger partial charge on any atom is 0.490 e. The van der Waals surface area contributed by atoms with Crippen molar-refractivity contribution >= 4 is 29.0 Å². The van der Waals surface area contributed by atoms with Crippen molar-refractivity contribution in [3.8, 4) is 6.07 Å². The maximum absolute atomic E-state index is 11.5. The zero-order valence-electron chi connectivity index (χ0n) is 23.8. The van der Waals surface area contributed by atoms with Gasteiger partial charge >= 0.3 is 18.2 Å². The van der Waals surface area contributed by atoms with E-state index < -0.39 is 23.8 Å². The summed E-state index contributed by atoms with van der Waals surface area (Å²) in [6.07, 6.45) is -0.643. The van der Waals surface area contributed by atoms with Crippen molar-refractivity contribution in [1.82, 2.24) is 29.8 Å². The van der Waals surface area contributed by atoms with E-state index in [0.717, 1.165) is 32.2 Å². The summed E-state index contributed by atoms with van der Waals surface area (Å²) in [7, 11) is 2.05. The highest BCUT2D eigenvalue weighted by Crippen LogP contribution is 2.30. The molecule has 1 aliphatic rings. The van der Waals surface area contributed by atoms with Gasteiger partial charge in [0.2, 0.25) is 5.82 Å². The van der Waals surface area contributed by atoms with E-state index in [1.54, 1.807) is 11.3 Å². The number of hydrogen-bond donors (Lipinski definition) is 2. The lowest BCUT2D eigenvalue weighted by Crippen LogP contribution is -2.48. The molecule has 15 heteroatoms. The topological polar surface area (TPSA) is 150 Å². The third-order valence-electron chi connectivity index (χ3n) is 6.13. The average molecular weight is 571 g/mol. The number of fused-ring (bicyclic) bond motifs is 1. The van der Waals surface area contributed by atoms with Crippen LogP contribution in [-0.4, -0.2) is 78.5 Å². The van der Waals surface area contributed by atoms with Gasteiger partial charge in [-0.05, 0) is 61.4 Å². The molecule has 0 unspecified atom stereocenters. The summed E-state index contributed by atoms with van der Waals surface area (Å²) in [5.41, 5.74) is 2.41. The number of halogens is 3. The van der Waals surface area contributed by atoms with Crippen molar-refractivity contribution in [2.45, 2.75) is 97.1 Å². The minimum Gasteiger partial charge on any atom is -0.464 e. The highest BCUT2D eigenvalue weighted by atomic mass is 19.4. The number of ether oxygens (including phenoxy) is 1. The number of alkyl halides is 3. The molecule has 3 rings (SSSR count). The molecule has 0 spiro atoms. The first-order valence-electron chi connectivity index (χ1n) is 12.8. The molecule has 1 fully saturated rings. The van der Waals surface area contributed by atoms with Crippen LogP contribution in [0.5, 0.6) is 0 Å². The minimum atomic E-state index is -4.90. The number of likely N-dealkylation sites (N-methyl/N-ethyl adjacent to an activating group) is 1. The van der Waals surface area contributed by atoms with Crippen molar-refractivity contribution in [3.63, 3.8) is 0 Å². The van der Waals surface area contributed by atoms with Crippen LogP contribution in [0.15, 0.2) is 6.33 Å². The van der Waals surface area contributed by atoms with Gasteiger partial charge in [-0.15, -0.1) is 0 Å². The molecule has 0 atom stereocenters. The van der Waals surface area contributed by atoms with Crippen molar-refractivity contribution in [2.24, 2.45) is 0 Å². The largest absolute Gasteiger partial charge is 0.490 e. The number of carboxylic acid groups (broad SMARTS) is 1. The van der Waals surface area contributed by atoms with E-state index in [4.69, 9.17) is 0 Å². The Morgan fingerprint density at radius 2 is 1.77 bits per heavy atom. The highest BCUT2D eigenvalue weighted by molar-refractivity contribution is 5.85. The Morgan fingerprint density at radius 3 is 2.23 bits per heavy atom. The normalized spacial score (nSPS) is 14.4. The van der Waals surface area contributed by atoms with E-state index in [1.165, 1.54) is 20.8 Å². The summed E-state index contributed by atoms with van der Waals surface area (Å²) < 4.78 is 40.4. The lowest BCUT2D eigenvalue weighted by Gasteiger charge is -2.31. The van der Waals surface area contributed by atoms with Crippen molar-refractivity contribution in [2.75, 3.05) is 18.6 Å². The van der Waals surface area contributed by atoms with Crippen molar-refractivity contribution in [3.05, 3.63) is 12.2 Å². The molecule has 0 saturated heterocycles. The number of nitriles is 1. The fraction of sp³-hybridized carbons (Fsp3) is 0.680. The molecular weight excluding hydrogens is 533 g/mol. The zero-order chi connectivity index (χ0) is 30.5. The molecule has 0 bridgehead atoms. The lowest BCUT2D eigenvalue weighted by atomic mass is 10.1. The van der Waals surface area contributed by atoms with Crippen LogP contribution in [0.3, 0.4) is 0 Å². The third kappa shape index (κ3) is 9.22. The average Bonchev–Trinajstić information content (AvgIpc) is 3.48. The molecule has 2 aromatic heterocycles. The second kappa shape index (κ2) is 12.7. The molecule has 222 valence electrons. The van der Waals surface area contributed by atoms with Gasteiger partial charge < -0.3 is 14.4 Å². The third-order valence-corrected chi connectivity index (χ3v) is 6.13. The van der Waals surface area contributed by atoms with Crippen LogP contribution < -0.4 is 10.4 Å². The minimum absolute atomic E-state index is 0.00592. The van der Waals surface area contributed by atoms with Gasteiger partial charge in [0.1, 0.15) is 11.7 Å². The maximum atomic E-state index is 11.5. The van der Waals surface area contributed by atoms with E-state index in [9.17, 15) is 33.1 Å². The molecule has 2 aromatic rings. The number of carbonyl (C=O) groups is 2. The van der Waals surface area contributed by atoms with E-state index in [1.807, 2.05) is 10.6 Å². The number of anilines is 1. The molecule has 40 heavy (non-hydrogen) atoms. The van der Waals surface area contributed by atoms with Crippen molar-refractivity contribution in [1.29, 1.82) is 5.26 Å². The molecular formula is C25H37F3N8O4. The Labute approximate surface area is 231 Å². The number of nitrogens with zero attached hydrogens (tertiary/aromatic N) is 7. The van der Waals surface area contributed by atoms with Crippen molar-refractivity contribution < 1.29 is 32.6 Å². The van der Waals surface area contributed by atoms with Gasteiger partial charge in [0, 0.05) is 18.6 Å². The molecule has 1 aliphatic carbocycles. The summed E-state index contributed by atoms with van der Waals surface area (Å²) in [6, 6.07) is 1.97.